The Kier molecular flexibility index (Phi) is 4.89. The molecule has 0 aliphatic heterocycles. The lowest BCUT2D eigenvalue weighted by Gasteiger charge is -2.09. The summed E-state index contributed by atoms with van der Waals surface area (Å²) in [7, 11) is 0. The van der Waals surface area contributed by atoms with Crippen molar-refractivity contribution < 1.29 is 0 Å². The van der Waals surface area contributed by atoms with Crippen LogP contribution >= 0.6 is 0 Å². The molecule has 1 aromatic heterocycles. The zero-order valence-electron chi connectivity index (χ0n) is 12.5. The number of nitrogens with zero attached hydrogens (tertiary/aromatic N) is 3. The standard InChI is InChI=1S/C17H19N3O/c1-3-4-11-20-17(21)15(9-10-18)12-16(19-20)14-7-5-13(2)6-8-14/h5-8,12H,3-4,9,11H2,1-2H3. The first-order chi connectivity index (χ1) is 10.2. The quantitative estimate of drug-likeness (QED) is 0.846. The van der Waals surface area contributed by atoms with E-state index in [1.807, 2.05) is 31.2 Å². The molecule has 0 saturated carbocycles. The van der Waals surface area contributed by atoms with Gasteiger partial charge in [0.05, 0.1) is 18.2 Å². The van der Waals surface area contributed by atoms with Gasteiger partial charge in [0.1, 0.15) is 0 Å². The van der Waals surface area contributed by atoms with Gasteiger partial charge >= 0.3 is 0 Å². The van der Waals surface area contributed by atoms with Crippen molar-refractivity contribution in [3.63, 3.8) is 0 Å². The number of hydrogen-bond donors (Lipinski definition) is 0. The summed E-state index contributed by atoms with van der Waals surface area (Å²) in [4.78, 5) is 12.3. The molecule has 0 radical (unpaired) electrons. The van der Waals surface area contributed by atoms with Crippen molar-refractivity contribution in [1.29, 1.82) is 5.26 Å². The van der Waals surface area contributed by atoms with E-state index in [1.165, 1.54) is 10.2 Å². The Morgan fingerprint density at radius 2 is 2.00 bits per heavy atom. The molecule has 0 aliphatic carbocycles. The lowest BCUT2D eigenvalue weighted by molar-refractivity contribution is 0.541. The molecule has 4 nitrogen and oxygen atoms in total. The number of hydrogen-bond acceptors (Lipinski definition) is 3. The van der Waals surface area contributed by atoms with Gasteiger partial charge in [0, 0.05) is 17.7 Å². The summed E-state index contributed by atoms with van der Waals surface area (Å²) in [6.07, 6.45) is 2.01. The Balaban J connectivity index is 2.50. The fourth-order valence-corrected chi connectivity index (χ4v) is 2.13. The average Bonchev–Trinajstić information content (AvgIpc) is 2.49. The van der Waals surface area contributed by atoms with Crippen LogP contribution < -0.4 is 5.56 Å². The van der Waals surface area contributed by atoms with Crippen molar-refractivity contribution >= 4 is 0 Å². The van der Waals surface area contributed by atoms with Crippen molar-refractivity contribution in [3.8, 4) is 17.3 Å². The van der Waals surface area contributed by atoms with Gasteiger partial charge in [-0.25, -0.2) is 4.68 Å². The summed E-state index contributed by atoms with van der Waals surface area (Å²) in [5.41, 5.74) is 3.25. The molecule has 108 valence electrons. The van der Waals surface area contributed by atoms with Crippen LogP contribution in [0.2, 0.25) is 0 Å². The minimum atomic E-state index is -0.152. The molecule has 1 heterocycles. The van der Waals surface area contributed by atoms with Crippen molar-refractivity contribution in [2.24, 2.45) is 0 Å². The molecule has 0 amide bonds. The second-order valence-electron chi connectivity index (χ2n) is 5.14. The molecule has 2 aromatic rings. The summed E-state index contributed by atoms with van der Waals surface area (Å²) in [5, 5.41) is 13.3. The van der Waals surface area contributed by atoms with Crippen LogP contribution in [0.4, 0.5) is 0 Å². The summed E-state index contributed by atoms with van der Waals surface area (Å²) in [5.74, 6) is 0. The Hall–Kier alpha value is -2.41. The van der Waals surface area contributed by atoms with Gasteiger partial charge < -0.3 is 0 Å². The highest BCUT2D eigenvalue weighted by molar-refractivity contribution is 5.59. The smallest absolute Gasteiger partial charge is 0.267 e. The zero-order chi connectivity index (χ0) is 15.2. The third-order valence-corrected chi connectivity index (χ3v) is 3.39. The van der Waals surface area contributed by atoms with Crippen LogP contribution in [-0.2, 0) is 13.0 Å². The molecule has 4 heteroatoms. The predicted octanol–water partition coefficient (Wildman–Crippen LogP) is 3.08. The lowest BCUT2D eigenvalue weighted by atomic mass is 10.1. The number of aryl methyl sites for hydroxylation is 2. The third kappa shape index (κ3) is 3.57. The average molecular weight is 281 g/mol. The van der Waals surface area contributed by atoms with Crippen molar-refractivity contribution in [2.75, 3.05) is 0 Å². The maximum atomic E-state index is 12.3. The van der Waals surface area contributed by atoms with Crippen molar-refractivity contribution in [3.05, 3.63) is 51.8 Å². The Morgan fingerprint density at radius 1 is 1.29 bits per heavy atom. The molecule has 0 N–H and O–H groups in total. The summed E-state index contributed by atoms with van der Waals surface area (Å²) < 4.78 is 1.49. The molecule has 0 fully saturated rings. The van der Waals surface area contributed by atoms with Crippen LogP contribution in [0.3, 0.4) is 0 Å². The Labute approximate surface area is 124 Å². The van der Waals surface area contributed by atoms with E-state index in [0.29, 0.717) is 12.1 Å². The molecular weight excluding hydrogens is 262 g/mol. The first-order valence-corrected chi connectivity index (χ1v) is 7.20. The number of unbranched alkanes of at least 4 members (excludes halogenated alkanes) is 1. The zero-order valence-corrected chi connectivity index (χ0v) is 12.5. The SMILES string of the molecule is CCCCn1nc(-c2ccc(C)cc2)cc(CC#N)c1=O. The maximum Gasteiger partial charge on any atom is 0.271 e. The molecule has 1 aromatic carbocycles. The van der Waals surface area contributed by atoms with E-state index in [-0.39, 0.29) is 12.0 Å². The van der Waals surface area contributed by atoms with Gasteiger partial charge in [0.25, 0.3) is 5.56 Å². The summed E-state index contributed by atoms with van der Waals surface area (Å²) in [6.45, 7) is 4.69. The predicted molar refractivity (Wildman–Crippen MR) is 82.9 cm³/mol. The molecule has 0 saturated heterocycles. The third-order valence-electron chi connectivity index (χ3n) is 3.39. The van der Waals surface area contributed by atoms with Gasteiger partial charge in [-0.15, -0.1) is 0 Å². The van der Waals surface area contributed by atoms with Crippen LogP contribution in [0.5, 0.6) is 0 Å². The Morgan fingerprint density at radius 3 is 2.62 bits per heavy atom. The van der Waals surface area contributed by atoms with Gasteiger partial charge in [0.2, 0.25) is 0 Å². The van der Waals surface area contributed by atoms with Gasteiger partial charge in [-0.3, -0.25) is 4.79 Å². The van der Waals surface area contributed by atoms with Gasteiger partial charge in [0.15, 0.2) is 0 Å². The molecule has 2 rings (SSSR count). The van der Waals surface area contributed by atoms with Crippen LogP contribution in [0.15, 0.2) is 35.1 Å². The maximum absolute atomic E-state index is 12.3. The fraction of sp³-hybridized carbons (Fsp3) is 0.353. The molecular formula is C17H19N3O. The van der Waals surface area contributed by atoms with E-state index >= 15 is 0 Å². The molecule has 0 unspecified atom stereocenters. The highest BCUT2D eigenvalue weighted by Crippen LogP contribution is 2.17. The molecule has 0 bridgehead atoms. The fourth-order valence-electron chi connectivity index (χ4n) is 2.13. The summed E-state index contributed by atoms with van der Waals surface area (Å²) >= 11 is 0. The van der Waals surface area contributed by atoms with E-state index in [2.05, 4.69) is 18.1 Å². The van der Waals surface area contributed by atoms with Gasteiger partial charge in [-0.1, -0.05) is 43.2 Å². The normalized spacial score (nSPS) is 10.3. The highest BCUT2D eigenvalue weighted by atomic mass is 16.1. The number of aromatic nitrogens is 2. The second-order valence-corrected chi connectivity index (χ2v) is 5.14. The number of benzene rings is 1. The first-order valence-electron chi connectivity index (χ1n) is 7.20. The highest BCUT2D eigenvalue weighted by Gasteiger charge is 2.09. The van der Waals surface area contributed by atoms with Gasteiger partial charge in [-0.2, -0.15) is 10.4 Å². The van der Waals surface area contributed by atoms with Crippen LogP contribution in [0.25, 0.3) is 11.3 Å². The van der Waals surface area contributed by atoms with Crippen LogP contribution in [-0.4, -0.2) is 9.78 Å². The van der Waals surface area contributed by atoms with E-state index in [4.69, 9.17) is 5.26 Å². The number of rotatable bonds is 5. The molecule has 21 heavy (non-hydrogen) atoms. The van der Waals surface area contributed by atoms with E-state index in [1.54, 1.807) is 6.07 Å². The molecule has 0 aliphatic rings. The van der Waals surface area contributed by atoms with Crippen LogP contribution in [0.1, 0.15) is 30.9 Å². The minimum absolute atomic E-state index is 0.117. The van der Waals surface area contributed by atoms with Gasteiger partial charge in [-0.05, 0) is 19.4 Å². The monoisotopic (exact) mass is 281 g/mol. The first kappa shape index (κ1) is 15.0. The topological polar surface area (TPSA) is 58.7 Å². The van der Waals surface area contributed by atoms with Crippen LogP contribution in [0, 0.1) is 18.3 Å². The van der Waals surface area contributed by atoms with Crippen molar-refractivity contribution in [1.82, 2.24) is 9.78 Å². The minimum Gasteiger partial charge on any atom is -0.267 e. The molecule has 0 spiro atoms. The Bertz CT molecular complexity index is 708. The largest absolute Gasteiger partial charge is 0.271 e. The second kappa shape index (κ2) is 6.85. The number of nitriles is 1. The van der Waals surface area contributed by atoms with E-state index < -0.39 is 0 Å². The van der Waals surface area contributed by atoms with E-state index in [0.717, 1.165) is 24.1 Å². The van der Waals surface area contributed by atoms with Crippen molar-refractivity contribution in [2.45, 2.75) is 39.7 Å². The lowest BCUT2D eigenvalue weighted by Crippen LogP contribution is -2.26. The van der Waals surface area contributed by atoms with E-state index in [9.17, 15) is 4.79 Å². The summed E-state index contributed by atoms with van der Waals surface area (Å²) in [6, 6.07) is 11.8. The molecule has 0 atom stereocenters.